The number of benzene rings is 1. The monoisotopic (exact) mass is 492 g/mol. The number of amides is 1. The number of carbonyl (C=O) groups is 2. The summed E-state index contributed by atoms with van der Waals surface area (Å²) in [5.41, 5.74) is 2.48. The Bertz CT molecular complexity index is 1260. The lowest BCUT2D eigenvalue weighted by atomic mass is 9.93. The minimum absolute atomic E-state index is 0.193. The Hall–Kier alpha value is -3.72. The second-order valence-electron chi connectivity index (χ2n) is 9.53. The van der Waals surface area contributed by atoms with Crippen molar-refractivity contribution in [3.8, 4) is 0 Å². The Kier molecular flexibility index (Phi) is 6.26. The van der Waals surface area contributed by atoms with Gasteiger partial charge < -0.3 is 19.7 Å². The minimum Gasteiger partial charge on any atom is -0.482 e. The average molecular weight is 493 g/mol. The predicted molar refractivity (Wildman–Crippen MR) is 135 cm³/mol. The van der Waals surface area contributed by atoms with Crippen LogP contribution in [0.3, 0.4) is 0 Å². The average Bonchev–Trinajstić information content (AvgIpc) is 3.34. The van der Waals surface area contributed by atoms with Crippen molar-refractivity contribution >= 4 is 34.5 Å². The van der Waals surface area contributed by atoms with E-state index in [-0.39, 0.29) is 11.9 Å². The fourth-order valence-corrected chi connectivity index (χ4v) is 4.86. The molecule has 1 N–H and O–H groups in total. The van der Waals surface area contributed by atoms with Crippen molar-refractivity contribution in [3.05, 3.63) is 65.3 Å². The molecule has 5 rings (SSSR count). The number of pyridine rings is 1. The molecule has 0 atom stereocenters. The molecule has 0 saturated carbocycles. The Labute approximate surface area is 209 Å². The second kappa shape index (κ2) is 9.39. The third-order valence-corrected chi connectivity index (χ3v) is 6.67. The molecule has 0 bridgehead atoms. The topological polar surface area (TPSA) is 84.0 Å². The Balaban J connectivity index is 1.34. The Morgan fingerprint density at radius 3 is 2.67 bits per heavy atom. The Morgan fingerprint density at radius 1 is 1.19 bits per heavy atom. The summed E-state index contributed by atoms with van der Waals surface area (Å²) in [5.74, 6) is 0.366. The van der Waals surface area contributed by atoms with E-state index in [1.807, 2.05) is 45.2 Å². The van der Waals surface area contributed by atoms with Gasteiger partial charge >= 0.3 is 5.97 Å². The SMILES string of the molecule is CCOC(=O)CN1CCN(c2ccc(C3=CC(=C4C(=O)Nc5ccc(F)cc54)OC3(C)C)cn2)CC1. The van der Waals surface area contributed by atoms with Gasteiger partial charge in [-0.05, 0) is 57.2 Å². The molecule has 1 amide bonds. The maximum atomic E-state index is 13.9. The normalized spacial score (nSPS) is 21.1. The zero-order chi connectivity index (χ0) is 25.4. The molecule has 4 heterocycles. The van der Waals surface area contributed by atoms with Gasteiger partial charge in [0.15, 0.2) is 0 Å². The van der Waals surface area contributed by atoms with Gasteiger partial charge in [0.25, 0.3) is 5.91 Å². The van der Waals surface area contributed by atoms with E-state index in [0.717, 1.165) is 43.1 Å². The van der Waals surface area contributed by atoms with Gasteiger partial charge in [-0.1, -0.05) is 0 Å². The summed E-state index contributed by atoms with van der Waals surface area (Å²) in [6.07, 6.45) is 3.66. The standard InChI is InChI=1S/C27H29FN4O4/c1-4-35-24(33)16-31-9-11-32(12-10-31)23-8-5-17(15-29-23)20-14-22(36-27(20,2)3)25-19-13-18(28)6-7-21(19)30-26(25)34/h5-8,13-15H,4,9-12,16H2,1-3H3,(H,30,34). The summed E-state index contributed by atoms with van der Waals surface area (Å²) in [7, 11) is 0. The van der Waals surface area contributed by atoms with E-state index in [0.29, 0.717) is 35.7 Å². The summed E-state index contributed by atoms with van der Waals surface area (Å²) in [4.78, 5) is 33.4. The summed E-state index contributed by atoms with van der Waals surface area (Å²) in [6, 6.07) is 8.20. The summed E-state index contributed by atoms with van der Waals surface area (Å²) < 4.78 is 25.1. The van der Waals surface area contributed by atoms with Gasteiger partial charge in [0, 0.05) is 54.8 Å². The highest BCUT2D eigenvalue weighted by Gasteiger charge is 2.38. The number of nitrogens with zero attached hydrogens (tertiary/aromatic N) is 3. The van der Waals surface area contributed by atoms with Crippen LogP contribution in [-0.4, -0.2) is 66.7 Å². The minimum atomic E-state index is -0.694. The number of aromatic nitrogens is 1. The largest absolute Gasteiger partial charge is 0.482 e. The van der Waals surface area contributed by atoms with Gasteiger partial charge in [-0.3, -0.25) is 14.5 Å². The van der Waals surface area contributed by atoms with Gasteiger partial charge in [0.1, 0.15) is 23.0 Å². The van der Waals surface area contributed by atoms with Crippen LogP contribution >= 0.6 is 0 Å². The van der Waals surface area contributed by atoms with Crippen LogP contribution in [0.1, 0.15) is 31.9 Å². The van der Waals surface area contributed by atoms with Crippen molar-refractivity contribution in [3.63, 3.8) is 0 Å². The van der Waals surface area contributed by atoms with E-state index >= 15 is 0 Å². The number of halogens is 1. The smallest absolute Gasteiger partial charge is 0.320 e. The van der Waals surface area contributed by atoms with Crippen LogP contribution in [0.15, 0.2) is 48.4 Å². The maximum absolute atomic E-state index is 13.9. The first kappa shape index (κ1) is 24.0. The third kappa shape index (κ3) is 4.58. The molecule has 8 nitrogen and oxygen atoms in total. The number of ether oxygens (including phenoxy) is 2. The van der Waals surface area contributed by atoms with Gasteiger partial charge in [-0.2, -0.15) is 0 Å². The van der Waals surface area contributed by atoms with Gasteiger partial charge in [-0.15, -0.1) is 0 Å². The number of nitrogens with one attached hydrogen (secondary N) is 1. The number of piperazine rings is 1. The molecule has 9 heteroatoms. The van der Waals surface area contributed by atoms with Crippen LogP contribution < -0.4 is 10.2 Å². The van der Waals surface area contributed by atoms with Crippen molar-refractivity contribution < 1.29 is 23.5 Å². The molecule has 3 aliphatic rings. The lowest BCUT2D eigenvalue weighted by Crippen LogP contribution is -2.48. The molecule has 0 aliphatic carbocycles. The molecule has 188 valence electrons. The number of rotatable bonds is 5. The molecule has 36 heavy (non-hydrogen) atoms. The van der Waals surface area contributed by atoms with Crippen LogP contribution in [0.25, 0.3) is 11.1 Å². The number of allylic oxidation sites excluding steroid dienone is 1. The predicted octanol–water partition coefficient (Wildman–Crippen LogP) is 3.46. The fourth-order valence-electron chi connectivity index (χ4n) is 4.86. The molecule has 3 aliphatic heterocycles. The molecule has 0 unspecified atom stereocenters. The second-order valence-corrected chi connectivity index (χ2v) is 9.53. The van der Waals surface area contributed by atoms with Crippen LogP contribution in [0.5, 0.6) is 0 Å². The number of anilines is 2. The van der Waals surface area contributed by atoms with Crippen molar-refractivity contribution in [1.82, 2.24) is 9.88 Å². The fraction of sp³-hybridized carbons (Fsp3) is 0.370. The molecule has 0 spiro atoms. The van der Waals surface area contributed by atoms with E-state index in [1.165, 1.54) is 12.1 Å². The maximum Gasteiger partial charge on any atom is 0.320 e. The lowest BCUT2D eigenvalue weighted by molar-refractivity contribution is -0.144. The van der Waals surface area contributed by atoms with E-state index in [4.69, 9.17) is 9.47 Å². The van der Waals surface area contributed by atoms with Crippen molar-refractivity contribution in [2.45, 2.75) is 26.4 Å². The number of fused-ring (bicyclic) bond motifs is 1. The quantitative estimate of drug-likeness (QED) is 0.506. The zero-order valence-electron chi connectivity index (χ0n) is 20.6. The number of esters is 1. The molecule has 1 aromatic heterocycles. The third-order valence-electron chi connectivity index (χ3n) is 6.67. The van der Waals surface area contributed by atoms with E-state index in [1.54, 1.807) is 6.07 Å². The highest BCUT2D eigenvalue weighted by Crippen LogP contribution is 2.44. The first-order valence-electron chi connectivity index (χ1n) is 12.1. The number of hydrogen-bond donors (Lipinski definition) is 1. The highest BCUT2D eigenvalue weighted by molar-refractivity contribution is 6.32. The first-order valence-corrected chi connectivity index (χ1v) is 12.1. The van der Waals surface area contributed by atoms with Gasteiger partial charge in [0.2, 0.25) is 0 Å². The summed E-state index contributed by atoms with van der Waals surface area (Å²) in [5, 5.41) is 2.78. The van der Waals surface area contributed by atoms with Crippen LogP contribution in [0.4, 0.5) is 15.9 Å². The van der Waals surface area contributed by atoms with Crippen molar-refractivity contribution in [2.24, 2.45) is 0 Å². The van der Waals surface area contributed by atoms with Crippen molar-refractivity contribution in [2.75, 3.05) is 49.5 Å². The molecular weight excluding hydrogens is 463 g/mol. The van der Waals surface area contributed by atoms with Crippen LogP contribution in [0, 0.1) is 5.82 Å². The number of carbonyl (C=O) groups excluding carboxylic acids is 2. The van der Waals surface area contributed by atoms with Crippen LogP contribution in [0.2, 0.25) is 0 Å². The molecule has 1 fully saturated rings. The summed E-state index contributed by atoms with van der Waals surface area (Å²) >= 11 is 0. The van der Waals surface area contributed by atoms with E-state index < -0.39 is 11.4 Å². The summed E-state index contributed by atoms with van der Waals surface area (Å²) in [6.45, 7) is 9.43. The molecular formula is C27H29FN4O4. The van der Waals surface area contributed by atoms with E-state index in [9.17, 15) is 14.0 Å². The zero-order valence-corrected chi connectivity index (χ0v) is 20.6. The molecule has 1 saturated heterocycles. The highest BCUT2D eigenvalue weighted by atomic mass is 19.1. The molecule has 1 aromatic carbocycles. The van der Waals surface area contributed by atoms with Crippen molar-refractivity contribution in [1.29, 1.82) is 0 Å². The molecule has 2 aromatic rings. The van der Waals surface area contributed by atoms with Gasteiger partial charge in [0.05, 0.1) is 18.7 Å². The first-order chi connectivity index (χ1) is 17.2. The lowest BCUT2D eigenvalue weighted by Gasteiger charge is -2.34. The number of hydrogen-bond acceptors (Lipinski definition) is 7. The Morgan fingerprint density at radius 2 is 1.97 bits per heavy atom. The van der Waals surface area contributed by atoms with Crippen LogP contribution in [-0.2, 0) is 19.1 Å². The van der Waals surface area contributed by atoms with Gasteiger partial charge in [-0.25, -0.2) is 9.37 Å². The van der Waals surface area contributed by atoms with E-state index in [2.05, 4.69) is 20.1 Å². The molecule has 0 radical (unpaired) electrons.